The van der Waals surface area contributed by atoms with Gasteiger partial charge in [-0.15, -0.1) is 12.4 Å². The van der Waals surface area contributed by atoms with Crippen LogP contribution < -0.4 is 14.8 Å². The quantitative estimate of drug-likeness (QED) is 0.358. The predicted molar refractivity (Wildman–Crippen MR) is 128 cm³/mol. The maximum Gasteiger partial charge on any atom is 0.142 e. The second-order valence-electron chi connectivity index (χ2n) is 6.89. The fraction of sp³-hybridized carbons (Fsp3) is 0.250. The minimum atomic E-state index is 0. The van der Waals surface area contributed by atoms with Crippen molar-refractivity contribution >= 4 is 35.6 Å². The minimum absolute atomic E-state index is 0. The van der Waals surface area contributed by atoms with E-state index in [0.29, 0.717) is 28.9 Å². The highest BCUT2D eigenvalue weighted by molar-refractivity contribution is 6.35. The van der Waals surface area contributed by atoms with E-state index in [0.717, 1.165) is 29.8 Å². The Morgan fingerprint density at radius 1 is 0.933 bits per heavy atom. The maximum atomic E-state index is 6.42. The van der Waals surface area contributed by atoms with Gasteiger partial charge < -0.3 is 14.8 Å². The van der Waals surface area contributed by atoms with E-state index in [1.165, 1.54) is 11.1 Å². The standard InChI is InChI=1S/C24H25Cl2NO2.ClH/c1-17-7-9-18(10-8-17)16-29-24-20(13-21(25)14-22(24)26)15-27-12-11-19-5-3-4-6-23(19)28-2;/h3-10,13-14,27H,11-12,15-16H2,1-2H3;1H. The van der Waals surface area contributed by atoms with Crippen molar-refractivity contribution < 1.29 is 9.47 Å². The average molecular weight is 467 g/mol. The summed E-state index contributed by atoms with van der Waals surface area (Å²) in [5, 5.41) is 4.57. The molecule has 0 unspecified atom stereocenters. The summed E-state index contributed by atoms with van der Waals surface area (Å²) in [6.07, 6.45) is 0.859. The molecule has 0 aliphatic rings. The first kappa shape index (κ1) is 24.4. The van der Waals surface area contributed by atoms with Crippen molar-refractivity contribution in [2.24, 2.45) is 0 Å². The van der Waals surface area contributed by atoms with Crippen LogP contribution >= 0.6 is 35.6 Å². The van der Waals surface area contributed by atoms with E-state index in [4.69, 9.17) is 32.7 Å². The molecule has 0 atom stereocenters. The lowest BCUT2D eigenvalue weighted by Crippen LogP contribution is -2.17. The Morgan fingerprint density at radius 3 is 2.40 bits per heavy atom. The predicted octanol–water partition coefficient (Wildman–Crippen LogP) is 6.64. The Bertz CT molecular complexity index is 946. The molecular weight excluding hydrogens is 441 g/mol. The summed E-state index contributed by atoms with van der Waals surface area (Å²) in [6, 6.07) is 19.9. The van der Waals surface area contributed by atoms with Crippen molar-refractivity contribution in [3.05, 3.63) is 93.0 Å². The molecule has 160 valence electrons. The molecule has 3 rings (SSSR count). The number of aryl methyl sites for hydroxylation is 1. The van der Waals surface area contributed by atoms with Crippen molar-refractivity contribution in [3.63, 3.8) is 0 Å². The first-order valence-electron chi connectivity index (χ1n) is 9.55. The number of halogens is 3. The van der Waals surface area contributed by atoms with Crippen LogP contribution in [0.2, 0.25) is 10.0 Å². The van der Waals surface area contributed by atoms with Crippen LogP contribution in [-0.2, 0) is 19.6 Å². The van der Waals surface area contributed by atoms with Crippen LogP contribution in [0.5, 0.6) is 11.5 Å². The lowest BCUT2D eigenvalue weighted by Gasteiger charge is -2.15. The van der Waals surface area contributed by atoms with Crippen LogP contribution in [0.1, 0.15) is 22.3 Å². The van der Waals surface area contributed by atoms with Crippen molar-refractivity contribution in [1.29, 1.82) is 0 Å². The van der Waals surface area contributed by atoms with Gasteiger partial charge in [0, 0.05) is 17.1 Å². The van der Waals surface area contributed by atoms with Gasteiger partial charge in [-0.3, -0.25) is 0 Å². The van der Waals surface area contributed by atoms with E-state index in [1.807, 2.05) is 24.3 Å². The first-order valence-corrected chi connectivity index (χ1v) is 10.3. The average Bonchev–Trinajstić information content (AvgIpc) is 2.72. The van der Waals surface area contributed by atoms with Crippen LogP contribution in [0.15, 0.2) is 60.7 Å². The molecule has 0 aliphatic heterocycles. The van der Waals surface area contributed by atoms with Crippen molar-refractivity contribution in [2.45, 2.75) is 26.5 Å². The Hall–Kier alpha value is -1.91. The van der Waals surface area contributed by atoms with Crippen LogP contribution in [0, 0.1) is 6.92 Å². The molecule has 0 aromatic heterocycles. The normalized spacial score (nSPS) is 10.4. The number of hydrogen-bond donors (Lipinski definition) is 1. The topological polar surface area (TPSA) is 30.5 Å². The van der Waals surface area contributed by atoms with Gasteiger partial charge in [0.2, 0.25) is 0 Å². The van der Waals surface area contributed by atoms with Crippen molar-refractivity contribution in [3.8, 4) is 11.5 Å². The summed E-state index contributed by atoms with van der Waals surface area (Å²) in [6.45, 7) is 3.92. The summed E-state index contributed by atoms with van der Waals surface area (Å²) in [5.41, 5.74) is 4.42. The van der Waals surface area contributed by atoms with Gasteiger partial charge in [-0.2, -0.15) is 0 Å². The van der Waals surface area contributed by atoms with Crippen LogP contribution in [-0.4, -0.2) is 13.7 Å². The van der Waals surface area contributed by atoms with Crippen LogP contribution in [0.25, 0.3) is 0 Å². The highest BCUT2D eigenvalue weighted by Gasteiger charge is 2.11. The number of ether oxygens (including phenoxy) is 2. The lowest BCUT2D eigenvalue weighted by atomic mass is 10.1. The zero-order chi connectivity index (χ0) is 20.6. The smallest absolute Gasteiger partial charge is 0.142 e. The van der Waals surface area contributed by atoms with E-state index in [1.54, 1.807) is 13.2 Å². The van der Waals surface area contributed by atoms with Crippen molar-refractivity contribution in [2.75, 3.05) is 13.7 Å². The molecular formula is C24H26Cl3NO2. The SMILES string of the molecule is COc1ccccc1CCNCc1cc(Cl)cc(Cl)c1OCc1ccc(C)cc1.Cl. The van der Waals surface area contributed by atoms with Crippen LogP contribution in [0.4, 0.5) is 0 Å². The van der Waals surface area contributed by atoms with Gasteiger partial charge in [0.25, 0.3) is 0 Å². The second kappa shape index (κ2) is 12.1. The highest BCUT2D eigenvalue weighted by atomic mass is 35.5. The number of methoxy groups -OCH3 is 1. The fourth-order valence-electron chi connectivity index (χ4n) is 3.10. The molecule has 0 saturated heterocycles. The van der Waals surface area contributed by atoms with Crippen molar-refractivity contribution in [1.82, 2.24) is 5.32 Å². The van der Waals surface area contributed by atoms with E-state index in [2.05, 4.69) is 42.6 Å². The minimum Gasteiger partial charge on any atom is -0.496 e. The molecule has 0 radical (unpaired) electrons. The fourth-order valence-corrected chi connectivity index (χ4v) is 3.69. The molecule has 3 aromatic carbocycles. The summed E-state index contributed by atoms with van der Waals surface area (Å²) >= 11 is 12.6. The largest absolute Gasteiger partial charge is 0.496 e. The van der Waals surface area contributed by atoms with Gasteiger partial charge in [0.05, 0.1) is 12.1 Å². The van der Waals surface area contributed by atoms with Gasteiger partial charge in [0.15, 0.2) is 0 Å². The van der Waals surface area contributed by atoms with Gasteiger partial charge in [-0.25, -0.2) is 0 Å². The zero-order valence-electron chi connectivity index (χ0n) is 17.1. The van der Waals surface area contributed by atoms with Gasteiger partial charge in [-0.1, -0.05) is 71.2 Å². The Balaban J connectivity index is 0.00000320. The Kier molecular flexibility index (Phi) is 9.80. The zero-order valence-corrected chi connectivity index (χ0v) is 19.4. The molecule has 3 nitrogen and oxygen atoms in total. The number of rotatable bonds is 9. The van der Waals surface area contributed by atoms with Gasteiger partial charge >= 0.3 is 0 Å². The van der Waals surface area contributed by atoms with Gasteiger partial charge in [-0.05, 0) is 49.2 Å². The molecule has 3 aromatic rings. The lowest BCUT2D eigenvalue weighted by molar-refractivity contribution is 0.302. The molecule has 0 saturated carbocycles. The summed E-state index contributed by atoms with van der Waals surface area (Å²) in [4.78, 5) is 0. The summed E-state index contributed by atoms with van der Waals surface area (Å²) in [5.74, 6) is 1.57. The Morgan fingerprint density at radius 2 is 1.67 bits per heavy atom. The third kappa shape index (κ3) is 6.82. The summed E-state index contributed by atoms with van der Waals surface area (Å²) < 4.78 is 11.5. The second-order valence-corrected chi connectivity index (χ2v) is 7.73. The molecule has 0 fully saturated rings. The van der Waals surface area contributed by atoms with E-state index >= 15 is 0 Å². The third-order valence-electron chi connectivity index (χ3n) is 4.67. The number of nitrogens with one attached hydrogen (secondary N) is 1. The molecule has 0 spiro atoms. The maximum absolute atomic E-state index is 6.42. The molecule has 0 bridgehead atoms. The molecule has 0 heterocycles. The van der Waals surface area contributed by atoms with E-state index in [-0.39, 0.29) is 12.4 Å². The molecule has 30 heavy (non-hydrogen) atoms. The molecule has 0 aliphatic carbocycles. The molecule has 6 heteroatoms. The van der Waals surface area contributed by atoms with E-state index < -0.39 is 0 Å². The number of benzene rings is 3. The molecule has 1 N–H and O–H groups in total. The number of hydrogen-bond acceptors (Lipinski definition) is 3. The van der Waals surface area contributed by atoms with Gasteiger partial charge in [0.1, 0.15) is 18.1 Å². The van der Waals surface area contributed by atoms with E-state index in [9.17, 15) is 0 Å². The molecule has 0 amide bonds. The monoisotopic (exact) mass is 465 g/mol. The highest BCUT2D eigenvalue weighted by Crippen LogP contribution is 2.33. The first-order chi connectivity index (χ1) is 14.1. The summed E-state index contributed by atoms with van der Waals surface area (Å²) in [7, 11) is 1.69. The Labute approximate surface area is 194 Å². The third-order valence-corrected chi connectivity index (χ3v) is 5.17. The number of para-hydroxylation sites is 1. The van der Waals surface area contributed by atoms with Crippen LogP contribution in [0.3, 0.4) is 0 Å².